The fourth-order valence-electron chi connectivity index (χ4n) is 4.20. The molecule has 0 bridgehead atoms. The Kier molecular flexibility index (Phi) is 6.02. The normalized spacial score (nSPS) is 16.7. The molecule has 0 saturated carbocycles. The summed E-state index contributed by atoms with van der Waals surface area (Å²) in [6.45, 7) is 7.07. The van der Waals surface area contributed by atoms with Crippen LogP contribution < -0.4 is 5.32 Å². The molecule has 0 aliphatic carbocycles. The summed E-state index contributed by atoms with van der Waals surface area (Å²) < 4.78 is 2.17. The Labute approximate surface area is 178 Å². The van der Waals surface area contributed by atoms with Gasteiger partial charge in [0.2, 0.25) is 0 Å². The first-order valence-electron chi connectivity index (χ1n) is 10.5. The van der Waals surface area contributed by atoms with Gasteiger partial charge in [0.15, 0.2) is 0 Å². The van der Waals surface area contributed by atoms with E-state index in [1.165, 1.54) is 17.0 Å². The summed E-state index contributed by atoms with van der Waals surface area (Å²) >= 11 is 0. The van der Waals surface area contributed by atoms with E-state index in [-0.39, 0.29) is 12.0 Å². The smallest absolute Gasteiger partial charge is 0.251 e. The van der Waals surface area contributed by atoms with E-state index in [1.807, 2.05) is 36.4 Å². The molecule has 30 heavy (non-hydrogen) atoms. The summed E-state index contributed by atoms with van der Waals surface area (Å²) in [5.74, 6) is -0.0751. The third kappa shape index (κ3) is 4.48. The van der Waals surface area contributed by atoms with Crippen LogP contribution in [0.3, 0.4) is 0 Å². The highest BCUT2D eigenvalue weighted by Gasteiger charge is 2.20. The van der Waals surface area contributed by atoms with Crippen molar-refractivity contribution >= 4 is 5.91 Å². The zero-order valence-corrected chi connectivity index (χ0v) is 17.6. The van der Waals surface area contributed by atoms with Gasteiger partial charge in [-0.1, -0.05) is 24.3 Å². The number of aliphatic hydroxyl groups excluding tert-OH is 1. The maximum absolute atomic E-state index is 12.7. The second-order valence-electron chi connectivity index (χ2n) is 8.13. The predicted octanol–water partition coefficient (Wildman–Crippen LogP) is 3.59. The number of likely N-dealkylation sites (tertiary alicyclic amines) is 1. The number of amides is 1. The van der Waals surface area contributed by atoms with Crippen molar-refractivity contribution in [2.75, 3.05) is 13.1 Å². The number of aliphatic hydroxyl groups is 1. The minimum absolute atomic E-state index is 0.0751. The van der Waals surface area contributed by atoms with Crippen molar-refractivity contribution in [3.05, 3.63) is 88.7 Å². The van der Waals surface area contributed by atoms with Crippen molar-refractivity contribution in [2.24, 2.45) is 0 Å². The largest absolute Gasteiger partial charge is 0.392 e. The van der Waals surface area contributed by atoms with Crippen LogP contribution in [0.1, 0.15) is 39.3 Å². The van der Waals surface area contributed by atoms with Gasteiger partial charge in [0, 0.05) is 48.8 Å². The molecule has 1 fully saturated rings. The lowest BCUT2D eigenvalue weighted by molar-refractivity contribution is 0.0951. The van der Waals surface area contributed by atoms with Gasteiger partial charge in [-0.15, -0.1) is 0 Å². The van der Waals surface area contributed by atoms with E-state index in [0.29, 0.717) is 18.7 Å². The van der Waals surface area contributed by atoms with Crippen LogP contribution in [0.15, 0.2) is 60.7 Å². The van der Waals surface area contributed by atoms with Crippen LogP contribution in [0.4, 0.5) is 0 Å². The molecule has 1 aliphatic rings. The number of aryl methyl sites for hydroxylation is 2. The molecule has 1 saturated heterocycles. The quantitative estimate of drug-likeness (QED) is 0.661. The SMILES string of the molecule is Cc1ccc(C)n1-c1ccc(C(=O)NCc2ccccc2CN2CC[C@@H](O)C2)cc1. The van der Waals surface area contributed by atoms with Gasteiger partial charge in [0.25, 0.3) is 5.91 Å². The summed E-state index contributed by atoms with van der Waals surface area (Å²) in [6.07, 6.45) is 0.607. The second-order valence-corrected chi connectivity index (χ2v) is 8.13. The monoisotopic (exact) mass is 403 g/mol. The first kappa shape index (κ1) is 20.4. The third-order valence-electron chi connectivity index (χ3n) is 5.86. The Balaban J connectivity index is 1.40. The number of benzene rings is 2. The highest BCUT2D eigenvalue weighted by molar-refractivity contribution is 5.94. The van der Waals surface area contributed by atoms with Crippen molar-refractivity contribution in [3.8, 4) is 5.69 Å². The molecular weight excluding hydrogens is 374 g/mol. The molecule has 0 spiro atoms. The van der Waals surface area contributed by atoms with E-state index in [2.05, 4.69) is 52.9 Å². The van der Waals surface area contributed by atoms with E-state index in [1.54, 1.807) is 0 Å². The number of nitrogens with zero attached hydrogens (tertiary/aromatic N) is 2. The van der Waals surface area contributed by atoms with Crippen LogP contribution >= 0.6 is 0 Å². The molecule has 1 atom stereocenters. The van der Waals surface area contributed by atoms with Crippen LogP contribution in [-0.2, 0) is 13.1 Å². The van der Waals surface area contributed by atoms with Gasteiger partial charge in [-0.05, 0) is 67.8 Å². The Morgan fingerprint density at radius 3 is 2.30 bits per heavy atom. The number of carbonyl (C=O) groups is 1. The molecule has 1 aliphatic heterocycles. The first-order chi connectivity index (χ1) is 14.5. The summed E-state index contributed by atoms with van der Waals surface area (Å²) in [6, 6.07) is 20.1. The molecule has 5 nitrogen and oxygen atoms in total. The molecule has 1 aromatic heterocycles. The summed E-state index contributed by atoms with van der Waals surface area (Å²) in [5.41, 5.74) is 6.37. The molecule has 0 radical (unpaired) electrons. The number of carbonyl (C=O) groups excluding carboxylic acids is 1. The van der Waals surface area contributed by atoms with Crippen molar-refractivity contribution in [1.82, 2.24) is 14.8 Å². The standard InChI is InChI=1S/C25H29N3O2/c1-18-7-8-19(2)28(18)23-11-9-20(10-12-23)25(30)26-15-21-5-3-4-6-22(21)16-27-14-13-24(29)17-27/h3-12,24,29H,13-17H2,1-2H3,(H,26,30)/t24-/m1/s1. The number of hydrogen-bond acceptors (Lipinski definition) is 3. The van der Waals surface area contributed by atoms with Gasteiger partial charge in [-0.2, -0.15) is 0 Å². The molecule has 5 heteroatoms. The highest BCUT2D eigenvalue weighted by Crippen LogP contribution is 2.18. The van der Waals surface area contributed by atoms with Gasteiger partial charge in [0.05, 0.1) is 6.10 Å². The molecule has 0 unspecified atom stereocenters. The predicted molar refractivity (Wildman–Crippen MR) is 119 cm³/mol. The Morgan fingerprint density at radius 1 is 1.00 bits per heavy atom. The zero-order valence-electron chi connectivity index (χ0n) is 17.6. The Morgan fingerprint density at radius 2 is 1.67 bits per heavy atom. The number of nitrogens with one attached hydrogen (secondary N) is 1. The third-order valence-corrected chi connectivity index (χ3v) is 5.86. The molecule has 2 aromatic carbocycles. The summed E-state index contributed by atoms with van der Waals surface area (Å²) in [5, 5.41) is 12.8. The van der Waals surface area contributed by atoms with Crippen LogP contribution in [0, 0.1) is 13.8 Å². The number of rotatable bonds is 6. The summed E-state index contributed by atoms with van der Waals surface area (Å²) in [7, 11) is 0. The van der Waals surface area contributed by atoms with Crippen LogP contribution in [0.5, 0.6) is 0 Å². The molecule has 156 valence electrons. The minimum Gasteiger partial charge on any atom is -0.392 e. The number of hydrogen-bond donors (Lipinski definition) is 2. The van der Waals surface area contributed by atoms with Crippen LogP contribution in [0.2, 0.25) is 0 Å². The van der Waals surface area contributed by atoms with Gasteiger partial charge >= 0.3 is 0 Å². The molecular formula is C25H29N3O2. The Bertz CT molecular complexity index is 1000. The highest BCUT2D eigenvalue weighted by atomic mass is 16.3. The van der Waals surface area contributed by atoms with E-state index < -0.39 is 0 Å². The van der Waals surface area contributed by atoms with Gasteiger partial charge in [-0.25, -0.2) is 0 Å². The average molecular weight is 404 g/mol. The van der Waals surface area contributed by atoms with E-state index in [0.717, 1.165) is 30.8 Å². The molecule has 2 heterocycles. The molecule has 1 amide bonds. The minimum atomic E-state index is -0.223. The molecule has 4 rings (SSSR count). The van der Waals surface area contributed by atoms with Crippen molar-refractivity contribution < 1.29 is 9.90 Å². The maximum atomic E-state index is 12.7. The number of β-amino-alcohol motifs (C(OH)–C–C–N with tert-alkyl or cyclic N) is 1. The lowest BCUT2D eigenvalue weighted by Gasteiger charge is -2.18. The van der Waals surface area contributed by atoms with E-state index >= 15 is 0 Å². The first-order valence-corrected chi connectivity index (χ1v) is 10.5. The summed E-state index contributed by atoms with van der Waals surface area (Å²) in [4.78, 5) is 14.9. The fraction of sp³-hybridized carbons (Fsp3) is 0.320. The van der Waals surface area contributed by atoms with Crippen molar-refractivity contribution in [2.45, 2.75) is 39.5 Å². The van der Waals surface area contributed by atoms with Crippen molar-refractivity contribution in [1.29, 1.82) is 0 Å². The zero-order chi connectivity index (χ0) is 21.1. The lowest BCUT2D eigenvalue weighted by atomic mass is 10.1. The molecule has 2 N–H and O–H groups in total. The molecule has 3 aromatic rings. The van der Waals surface area contributed by atoms with E-state index in [9.17, 15) is 9.90 Å². The Hall–Kier alpha value is -2.89. The van der Waals surface area contributed by atoms with Gasteiger partial charge in [-0.3, -0.25) is 9.69 Å². The lowest BCUT2D eigenvalue weighted by Crippen LogP contribution is -2.25. The number of aromatic nitrogens is 1. The van der Waals surface area contributed by atoms with Crippen LogP contribution in [0.25, 0.3) is 5.69 Å². The van der Waals surface area contributed by atoms with Crippen LogP contribution in [-0.4, -0.2) is 39.7 Å². The maximum Gasteiger partial charge on any atom is 0.251 e. The fourth-order valence-corrected chi connectivity index (χ4v) is 4.20. The topological polar surface area (TPSA) is 57.5 Å². The van der Waals surface area contributed by atoms with Gasteiger partial charge < -0.3 is 15.0 Å². The van der Waals surface area contributed by atoms with Crippen molar-refractivity contribution in [3.63, 3.8) is 0 Å². The van der Waals surface area contributed by atoms with Gasteiger partial charge in [0.1, 0.15) is 0 Å². The van der Waals surface area contributed by atoms with E-state index in [4.69, 9.17) is 0 Å². The second kappa shape index (κ2) is 8.86. The average Bonchev–Trinajstić information content (AvgIpc) is 3.31.